The van der Waals surface area contributed by atoms with Gasteiger partial charge in [0.2, 0.25) is 17.7 Å². The van der Waals surface area contributed by atoms with Gasteiger partial charge in [0.1, 0.15) is 6.04 Å². The highest BCUT2D eigenvalue weighted by Crippen LogP contribution is 2.28. The smallest absolute Gasteiger partial charge is 0.244 e. The van der Waals surface area contributed by atoms with Crippen LogP contribution in [0.15, 0.2) is 18.2 Å². The van der Waals surface area contributed by atoms with Crippen LogP contribution in [0.3, 0.4) is 0 Å². The second-order valence-corrected chi connectivity index (χ2v) is 7.92. The molecule has 1 aliphatic heterocycles. The molecule has 7 heteroatoms. The molecule has 0 aromatic heterocycles. The summed E-state index contributed by atoms with van der Waals surface area (Å²) in [4.78, 5) is 40.6. The van der Waals surface area contributed by atoms with Gasteiger partial charge in [-0.15, -0.1) is 0 Å². The van der Waals surface area contributed by atoms with Crippen LogP contribution in [0.25, 0.3) is 0 Å². The number of rotatable bonds is 6. The zero-order valence-corrected chi connectivity index (χ0v) is 17.0. The van der Waals surface area contributed by atoms with Crippen molar-refractivity contribution in [3.05, 3.63) is 29.3 Å². The first-order valence-corrected chi connectivity index (χ1v) is 10.0. The predicted octanol–water partition coefficient (Wildman–Crippen LogP) is 1.30. The quantitative estimate of drug-likeness (QED) is 0.772. The standard InChI is InChI=1S/C21H30N4O3/c1-14-5-4-6-15(2)19(14)23-18(26)13-24-9-11-25(12-10-24)21(28)16(3)22-20(27)17-7-8-17/h4-6,16-17H,7-13H2,1-3H3,(H,22,27)(H,23,26)/t16-/m1/s1. The van der Waals surface area contributed by atoms with Crippen LogP contribution in [-0.4, -0.2) is 66.3 Å². The number of carbonyl (C=O) groups is 3. The Hall–Kier alpha value is -2.41. The van der Waals surface area contributed by atoms with Crippen LogP contribution in [0.4, 0.5) is 5.69 Å². The summed E-state index contributed by atoms with van der Waals surface area (Å²) >= 11 is 0. The van der Waals surface area contributed by atoms with Crippen molar-refractivity contribution in [3.63, 3.8) is 0 Å². The van der Waals surface area contributed by atoms with E-state index in [4.69, 9.17) is 0 Å². The summed E-state index contributed by atoms with van der Waals surface area (Å²) in [6.45, 7) is 8.45. The molecule has 1 heterocycles. The molecule has 0 spiro atoms. The fourth-order valence-electron chi connectivity index (χ4n) is 3.53. The Bertz CT molecular complexity index is 732. The predicted molar refractivity (Wildman–Crippen MR) is 108 cm³/mol. The molecular weight excluding hydrogens is 356 g/mol. The maximum absolute atomic E-state index is 12.5. The number of hydrogen-bond donors (Lipinski definition) is 2. The molecule has 0 bridgehead atoms. The summed E-state index contributed by atoms with van der Waals surface area (Å²) in [5.41, 5.74) is 2.97. The van der Waals surface area contributed by atoms with E-state index < -0.39 is 6.04 Å². The van der Waals surface area contributed by atoms with E-state index in [9.17, 15) is 14.4 Å². The third-order valence-electron chi connectivity index (χ3n) is 5.47. The molecule has 1 aromatic carbocycles. The second-order valence-electron chi connectivity index (χ2n) is 7.92. The van der Waals surface area contributed by atoms with Gasteiger partial charge in [0, 0.05) is 37.8 Å². The first-order valence-electron chi connectivity index (χ1n) is 10.0. The molecule has 0 unspecified atom stereocenters. The number of aryl methyl sites for hydroxylation is 2. The van der Waals surface area contributed by atoms with Gasteiger partial charge in [-0.25, -0.2) is 0 Å². The molecule has 7 nitrogen and oxygen atoms in total. The van der Waals surface area contributed by atoms with Crippen molar-refractivity contribution in [2.75, 3.05) is 38.0 Å². The summed E-state index contributed by atoms with van der Waals surface area (Å²) in [7, 11) is 0. The molecule has 2 aliphatic rings. The Morgan fingerprint density at radius 1 is 1.07 bits per heavy atom. The molecule has 3 amide bonds. The van der Waals surface area contributed by atoms with Gasteiger partial charge in [-0.1, -0.05) is 18.2 Å². The van der Waals surface area contributed by atoms with Crippen molar-refractivity contribution in [1.82, 2.24) is 15.1 Å². The molecular formula is C21H30N4O3. The maximum atomic E-state index is 12.5. The van der Waals surface area contributed by atoms with Gasteiger partial charge >= 0.3 is 0 Å². The van der Waals surface area contributed by atoms with Crippen LogP contribution in [0.1, 0.15) is 30.9 Å². The number of piperazine rings is 1. The summed E-state index contributed by atoms with van der Waals surface area (Å²) < 4.78 is 0. The number of nitrogens with zero attached hydrogens (tertiary/aromatic N) is 2. The largest absolute Gasteiger partial charge is 0.344 e. The number of hydrogen-bond acceptors (Lipinski definition) is 4. The third kappa shape index (κ3) is 5.10. The Kier molecular flexibility index (Phi) is 6.34. The van der Waals surface area contributed by atoms with E-state index in [2.05, 4.69) is 15.5 Å². The average molecular weight is 386 g/mol. The highest BCUT2D eigenvalue weighted by Gasteiger charge is 2.33. The molecule has 28 heavy (non-hydrogen) atoms. The number of para-hydroxylation sites is 1. The van der Waals surface area contributed by atoms with Gasteiger partial charge in [-0.05, 0) is 44.7 Å². The van der Waals surface area contributed by atoms with E-state index in [0.717, 1.165) is 29.7 Å². The van der Waals surface area contributed by atoms with Crippen LogP contribution in [-0.2, 0) is 14.4 Å². The van der Waals surface area contributed by atoms with E-state index in [-0.39, 0.29) is 23.6 Å². The molecule has 1 saturated carbocycles. The summed E-state index contributed by atoms with van der Waals surface area (Å²) in [6, 6.07) is 5.45. The molecule has 2 fully saturated rings. The number of nitrogens with one attached hydrogen (secondary N) is 2. The zero-order chi connectivity index (χ0) is 20.3. The van der Waals surface area contributed by atoms with E-state index >= 15 is 0 Å². The minimum Gasteiger partial charge on any atom is -0.344 e. The second kappa shape index (κ2) is 8.73. The summed E-state index contributed by atoms with van der Waals surface area (Å²) in [6.07, 6.45) is 1.85. The normalized spacial score (nSPS) is 18.5. The van der Waals surface area contributed by atoms with E-state index in [1.807, 2.05) is 32.0 Å². The Balaban J connectivity index is 1.44. The first kappa shape index (κ1) is 20.3. The Morgan fingerprint density at radius 2 is 1.68 bits per heavy atom. The van der Waals surface area contributed by atoms with E-state index in [1.165, 1.54) is 0 Å². The van der Waals surface area contributed by atoms with Gasteiger partial charge in [0.05, 0.1) is 6.54 Å². The monoisotopic (exact) mass is 386 g/mol. The zero-order valence-electron chi connectivity index (χ0n) is 17.0. The van der Waals surface area contributed by atoms with Gasteiger partial charge in [-0.3, -0.25) is 19.3 Å². The lowest BCUT2D eigenvalue weighted by Crippen LogP contribution is -2.55. The fraction of sp³-hybridized carbons (Fsp3) is 0.571. The molecule has 0 radical (unpaired) electrons. The first-order chi connectivity index (χ1) is 13.3. The van der Waals surface area contributed by atoms with Crippen molar-refractivity contribution < 1.29 is 14.4 Å². The molecule has 152 valence electrons. The number of carbonyl (C=O) groups excluding carboxylic acids is 3. The van der Waals surface area contributed by atoms with Crippen molar-refractivity contribution in [2.24, 2.45) is 5.92 Å². The van der Waals surface area contributed by atoms with Crippen molar-refractivity contribution in [1.29, 1.82) is 0 Å². The number of anilines is 1. The lowest BCUT2D eigenvalue weighted by molar-refractivity contribution is -0.137. The van der Waals surface area contributed by atoms with Gasteiger partial charge in [0.25, 0.3) is 0 Å². The molecule has 3 rings (SSSR count). The van der Waals surface area contributed by atoms with Crippen LogP contribution in [0.5, 0.6) is 0 Å². The van der Waals surface area contributed by atoms with Gasteiger partial charge < -0.3 is 15.5 Å². The number of benzene rings is 1. The maximum Gasteiger partial charge on any atom is 0.244 e. The van der Waals surface area contributed by atoms with Crippen molar-refractivity contribution in [3.8, 4) is 0 Å². The third-order valence-corrected chi connectivity index (χ3v) is 5.47. The van der Waals surface area contributed by atoms with Crippen LogP contribution in [0, 0.1) is 19.8 Å². The van der Waals surface area contributed by atoms with Crippen LogP contribution in [0.2, 0.25) is 0 Å². The lowest BCUT2D eigenvalue weighted by Gasteiger charge is -2.35. The molecule has 1 saturated heterocycles. The van der Waals surface area contributed by atoms with Gasteiger partial charge in [-0.2, -0.15) is 0 Å². The van der Waals surface area contributed by atoms with Crippen LogP contribution >= 0.6 is 0 Å². The minimum absolute atomic E-state index is 0.0114. The Labute approximate surface area is 166 Å². The SMILES string of the molecule is Cc1cccc(C)c1NC(=O)CN1CCN(C(=O)[C@@H](C)NC(=O)C2CC2)CC1. The summed E-state index contributed by atoms with van der Waals surface area (Å²) in [5, 5.41) is 5.82. The van der Waals surface area contributed by atoms with Crippen molar-refractivity contribution in [2.45, 2.75) is 39.7 Å². The van der Waals surface area contributed by atoms with Gasteiger partial charge in [0.15, 0.2) is 0 Å². The lowest BCUT2D eigenvalue weighted by atomic mass is 10.1. The van der Waals surface area contributed by atoms with E-state index in [0.29, 0.717) is 32.7 Å². The summed E-state index contributed by atoms with van der Waals surface area (Å²) in [5.74, 6) is 0.000955. The van der Waals surface area contributed by atoms with Crippen molar-refractivity contribution >= 4 is 23.4 Å². The molecule has 2 N–H and O–H groups in total. The molecule has 1 aromatic rings. The topological polar surface area (TPSA) is 81.8 Å². The average Bonchev–Trinajstić information content (AvgIpc) is 3.50. The van der Waals surface area contributed by atoms with Crippen LogP contribution < -0.4 is 10.6 Å². The Morgan fingerprint density at radius 3 is 2.25 bits per heavy atom. The fourth-order valence-corrected chi connectivity index (χ4v) is 3.53. The van der Waals surface area contributed by atoms with E-state index in [1.54, 1.807) is 11.8 Å². The minimum atomic E-state index is -0.494. The molecule has 1 aliphatic carbocycles. The highest BCUT2D eigenvalue weighted by molar-refractivity contribution is 5.93. The highest BCUT2D eigenvalue weighted by atomic mass is 16.2. The number of amides is 3. The molecule has 1 atom stereocenters.